The number of sulfonamides is 1. The highest BCUT2D eigenvalue weighted by Crippen LogP contribution is 2.30. The minimum absolute atomic E-state index is 0.441. The molecule has 1 N–H and O–H groups in total. The van der Waals surface area contributed by atoms with Crippen LogP contribution in [0.25, 0.3) is 0 Å². The molecular formula is C22H27N5O2S. The first-order chi connectivity index (χ1) is 14.4. The Balaban J connectivity index is 1.31. The fourth-order valence-electron chi connectivity index (χ4n) is 3.98. The van der Waals surface area contributed by atoms with E-state index in [-0.39, 0.29) is 0 Å². The number of rotatable bonds is 7. The van der Waals surface area contributed by atoms with Crippen molar-refractivity contribution in [2.75, 3.05) is 24.1 Å². The van der Waals surface area contributed by atoms with Gasteiger partial charge in [-0.15, -0.1) is 5.10 Å². The quantitative estimate of drug-likeness (QED) is 0.629. The molecule has 0 unspecified atom stereocenters. The van der Waals surface area contributed by atoms with Gasteiger partial charge in [0.05, 0.1) is 24.7 Å². The summed E-state index contributed by atoms with van der Waals surface area (Å²) in [6.07, 6.45) is 5.29. The largest absolute Gasteiger partial charge is 0.297 e. The Morgan fingerprint density at radius 2 is 1.80 bits per heavy atom. The van der Waals surface area contributed by atoms with Crippen molar-refractivity contribution >= 4 is 15.7 Å². The van der Waals surface area contributed by atoms with E-state index < -0.39 is 10.0 Å². The lowest BCUT2D eigenvalue weighted by atomic mass is 9.89. The van der Waals surface area contributed by atoms with Crippen LogP contribution in [0.4, 0.5) is 5.69 Å². The number of hydrogen-bond donors (Lipinski definition) is 1. The van der Waals surface area contributed by atoms with Crippen LogP contribution in [-0.2, 0) is 23.1 Å². The first-order valence-electron chi connectivity index (χ1n) is 10.2. The fourth-order valence-corrected chi connectivity index (χ4v) is 4.54. The lowest BCUT2D eigenvalue weighted by Gasteiger charge is -2.31. The standard InChI is InChI=1S/C22H27N5O2S/c1-30(28,29)24-21-9-5-8-20(14-21)19-10-12-26(13-11-19)16-22-17-27(25-23-22)15-18-6-3-2-4-7-18/h2-9,14,17,19,24H,10-13,15-16H2,1H3. The number of piperidine rings is 1. The predicted octanol–water partition coefficient (Wildman–Crippen LogP) is 3.08. The number of nitrogens with one attached hydrogen (secondary N) is 1. The Labute approximate surface area is 177 Å². The third kappa shape index (κ3) is 5.67. The van der Waals surface area contributed by atoms with E-state index in [1.165, 1.54) is 17.4 Å². The molecule has 0 aliphatic carbocycles. The molecule has 0 saturated carbocycles. The van der Waals surface area contributed by atoms with Gasteiger partial charge in [0.1, 0.15) is 0 Å². The molecule has 2 heterocycles. The Kier molecular flexibility index (Phi) is 6.15. The van der Waals surface area contributed by atoms with Crippen LogP contribution in [0.2, 0.25) is 0 Å². The normalized spacial score (nSPS) is 15.9. The van der Waals surface area contributed by atoms with Crippen molar-refractivity contribution in [1.29, 1.82) is 0 Å². The summed E-state index contributed by atoms with van der Waals surface area (Å²) in [5.41, 5.74) is 4.02. The van der Waals surface area contributed by atoms with Crippen LogP contribution in [0.1, 0.15) is 35.6 Å². The average Bonchev–Trinajstić information content (AvgIpc) is 3.15. The Hall–Kier alpha value is -2.71. The summed E-state index contributed by atoms with van der Waals surface area (Å²) >= 11 is 0. The summed E-state index contributed by atoms with van der Waals surface area (Å²) in [5.74, 6) is 0.441. The summed E-state index contributed by atoms with van der Waals surface area (Å²) < 4.78 is 27.4. The summed E-state index contributed by atoms with van der Waals surface area (Å²) in [6.45, 7) is 3.50. The van der Waals surface area contributed by atoms with Crippen LogP contribution in [0.15, 0.2) is 60.8 Å². The minimum Gasteiger partial charge on any atom is -0.297 e. The molecule has 2 aromatic carbocycles. The van der Waals surface area contributed by atoms with E-state index in [9.17, 15) is 8.42 Å². The van der Waals surface area contributed by atoms with Crippen LogP contribution in [-0.4, -0.2) is 47.7 Å². The molecule has 30 heavy (non-hydrogen) atoms. The maximum absolute atomic E-state index is 11.5. The fraction of sp³-hybridized carbons (Fsp3) is 0.364. The van der Waals surface area contributed by atoms with E-state index in [0.717, 1.165) is 44.7 Å². The molecule has 7 nitrogen and oxygen atoms in total. The third-order valence-corrected chi connectivity index (χ3v) is 6.01. The zero-order chi connectivity index (χ0) is 21.0. The Morgan fingerprint density at radius 3 is 2.53 bits per heavy atom. The second-order valence-electron chi connectivity index (χ2n) is 7.94. The monoisotopic (exact) mass is 425 g/mol. The molecule has 1 aliphatic rings. The number of likely N-dealkylation sites (tertiary alicyclic amines) is 1. The van der Waals surface area contributed by atoms with Gasteiger partial charge in [-0.05, 0) is 55.1 Å². The topological polar surface area (TPSA) is 80.1 Å². The average molecular weight is 426 g/mol. The SMILES string of the molecule is CS(=O)(=O)Nc1cccc(C2CCN(Cc3cn(Cc4ccccc4)nn3)CC2)c1. The zero-order valence-electron chi connectivity index (χ0n) is 17.1. The van der Waals surface area contributed by atoms with Gasteiger partial charge in [-0.3, -0.25) is 9.62 Å². The molecule has 3 aromatic rings. The molecule has 1 aliphatic heterocycles. The first-order valence-corrected chi connectivity index (χ1v) is 12.1. The van der Waals surface area contributed by atoms with Crippen LogP contribution in [0.3, 0.4) is 0 Å². The molecule has 1 fully saturated rings. The summed E-state index contributed by atoms with van der Waals surface area (Å²) in [5, 5.41) is 8.60. The van der Waals surface area contributed by atoms with Gasteiger partial charge in [0, 0.05) is 12.2 Å². The van der Waals surface area contributed by atoms with Gasteiger partial charge in [-0.2, -0.15) is 0 Å². The van der Waals surface area contributed by atoms with E-state index in [2.05, 4.69) is 38.1 Å². The van der Waals surface area contributed by atoms with Crippen molar-refractivity contribution in [3.05, 3.63) is 77.6 Å². The van der Waals surface area contributed by atoms with Gasteiger partial charge in [-0.1, -0.05) is 47.7 Å². The van der Waals surface area contributed by atoms with Gasteiger partial charge in [0.2, 0.25) is 10.0 Å². The molecule has 0 amide bonds. The van der Waals surface area contributed by atoms with E-state index in [1.807, 2.05) is 41.2 Å². The second-order valence-corrected chi connectivity index (χ2v) is 9.69. The number of nitrogens with zero attached hydrogens (tertiary/aromatic N) is 4. The summed E-state index contributed by atoms with van der Waals surface area (Å²) in [7, 11) is -3.26. The lowest BCUT2D eigenvalue weighted by Crippen LogP contribution is -2.32. The van der Waals surface area contributed by atoms with Crippen molar-refractivity contribution in [2.24, 2.45) is 0 Å². The van der Waals surface area contributed by atoms with Crippen LogP contribution in [0.5, 0.6) is 0 Å². The number of hydrogen-bond acceptors (Lipinski definition) is 5. The van der Waals surface area contributed by atoms with Gasteiger partial charge in [-0.25, -0.2) is 13.1 Å². The molecule has 4 rings (SSSR count). The van der Waals surface area contributed by atoms with Crippen molar-refractivity contribution in [2.45, 2.75) is 31.8 Å². The van der Waals surface area contributed by atoms with E-state index in [1.54, 1.807) is 6.07 Å². The van der Waals surface area contributed by atoms with Crippen molar-refractivity contribution < 1.29 is 8.42 Å². The van der Waals surface area contributed by atoms with E-state index >= 15 is 0 Å². The zero-order valence-corrected chi connectivity index (χ0v) is 17.9. The molecule has 1 saturated heterocycles. The Morgan fingerprint density at radius 1 is 1.03 bits per heavy atom. The molecule has 8 heteroatoms. The maximum atomic E-state index is 11.5. The van der Waals surface area contributed by atoms with Crippen molar-refractivity contribution in [3.63, 3.8) is 0 Å². The number of anilines is 1. The lowest BCUT2D eigenvalue weighted by molar-refractivity contribution is 0.202. The molecule has 0 radical (unpaired) electrons. The molecular weight excluding hydrogens is 398 g/mol. The van der Waals surface area contributed by atoms with E-state index in [0.29, 0.717) is 11.6 Å². The van der Waals surface area contributed by atoms with Gasteiger partial charge < -0.3 is 0 Å². The van der Waals surface area contributed by atoms with Crippen molar-refractivity contribution in [1.82, 2.24) is 19.9 Å². The second kappa shape index (κ2) is 8.97. The van der Waals surface area contributed by atoms with Gasteiger partial charge in [0.15, 0.2) is 0 Å². The molecule has 0 spiro atoms. The molecule has 0 bridgehead atoms. The first kappa shape index (κ1) is 20.6. The highest BCUT2D eigenvalue weighted by molar-refractivity contribution is 7.92. The summed E-state index contributed by atoms with van der Waals surface area (Å²) in [6, 6.07) is 18.0. The minimum atomic E-state index is -3.26. The van der Waals surface area contributed by atoms with Crippen LogP contribution in [0, 0.1) is 0 Å². The van der Waals surface area contributed by atoms with Crippen molar-refractivity contribution in [3.8, 4) is 0 Å². The van der Waals surface area contributed by atoms with Gasteiger partial charge in [0.25, 0.3) is 0 Å². The molecule has 0 atom stereocenters. The molecule has 1 aromatic heterocycles. The molecule has 158 valence electrons. The Bertz CT molecular complexity index is 1070. The third-order valence-electron chi connectivity index (χ3n) is 5.41. The van der Waals surface area contributed by atoms with Gasteiger partial charge >= 0.3 is 0 Å². The van der Waals surface area contributed by atoms with E-state index in [4.69, 9.17) is 0 Å². The number of benzene rings is 2. The van der Waals surface area contributed by atoms with Crippen LogP contribution >= 0.6 is 0 Å². The number of aromatic nitrogens is 3. The smallest absolute Gasteiger partial charge is 0.229 e. The van der Waals surface area contributed by atoms with Crippen LogP contribution < -0.4 is 4.72 Å². The highest BCUT2D eigenvalue weighted by atomic mass is 32.2. The highest BCUT2D eigenvalue weighted by Gasteiger charge is 2.21. The maximum Gasteiger partial charge on any atom is 0.229 e. The predicted molar refractivity (Wildman–Crippen MR) is 118 cm³/mol. The summed E-state index contributed by atoms with van der Waals surface area (Å²) in [4.78, 5) is 2.41.